The fourth-order valence-electron chi connectivity index (χ4n) is 1.54. The van der Waals surface area contributed by atoms with Crippen molar-refractivity contribution in [3.8, 4) is 0 Å². The minimum Gasteiger partial charge on any atom is -0.288 e. The van der Waals surface area contributed by atoms with Crippen molar-refractivity contribution < 1.29 is 22.4 Å². The number of hydrogen-bond donors (Lipinski definition) is 0. The molecule has 0 amide bonds. The molecule has 0 aliphatic heterocycles. The Bertz CT molecular complexity index is 647. The van der Waals surface area contributed by atoms with E-state index in [0.29, 0.717) is 12.1 Å². The number of hydrogen-bond acceptors (Lipinski definition) is 1. The number of halogens is 5. The SMILES string of the molecule is O=C(c1ccc(F)c(Br)c1)c1c(F)cc(F)cc1F. The number of ketones is 1. The standard InChI is InChI=1S/C13H5BrF4O/c14-8-3-6(1-2-9(8)16)13(19)12-10(17)4-7(15)5-11(12)18/h1-5H. The van der Waals surface area contributed by atoms with Gasteiger partial charge in [0, 0.05) is 17.7 Å². The molecule has 0 atom stereocenters. The minimum absolute atomic E-state index is 0.0127. The third-order valence-corrected chi connectivity index (χ3v) is 3.02. The third-order valence-electron chi connectivity index (χ3n) is 2.42. The van der Waals surface area contributed by atoms with Crippen LogP contribution in [0.5, 0.6) is 0 Å². The van der Waals surface area contributed by atoms with Crippen molar-refractivity contribution in [1.82, 2.24) is 0 Å². The Kier molecular flexibility index (Phi) is 3.71. The van der Waals surface area contributed by atoms with Gasteiger partial charge in [0.15, 0.2) is 5.78 Å². The van der Waals surface area contributed by atoms with E-state index in [4.69, 9.17) is 0 Å². The number of benzene rings is 2. The van der Waals surface area contributed by atoms with Gasteiger partial charge in [0.2, 0.25) is 0 Å². The molecule has 0 radical (unpaired) electrons. The summed E-state index contributed by atoms with van der Waals surface area (Å²) in [4.78, 5) is 11.9. The summed E-state index contributed by atoms with van der Waals surface area (Å²) < 4.78 is 52.6. The predicted molar refractivity (Wildman–Crippen MR) is 63.8 cm³/mol. The van der Waals surface area contributed by atoms with Crippen LogP contribution in [0.1, 0.15) is 15.9 Å². The van der Waals surface area contributed by atoms with E-state index in [-0.39, 0.29) is 10.0 Å². The maximum absolute atomic E-state index is 13.4. The second-order valence-electron chi connectivity index (χ2n) is 3.70. The van der Waals surface area contributed by atoms with Crippen LogP contribution in [-0.2, 0) is 0 Å². The zero-order valence-electron chi connectivity index (χ0n) is 9.18. The summed E-state index contributed by atoms with van der Waals surface area (Å²) in [5.74, 6) is -5.33. The summed E-state index contributed by atoms with van der Waals surface area (Å²) in [7, 11) is 0. The van der Waals surface area contributed by atoms with Gasteiger partial charge in [0.25, 0.3) is 0 Å². The first-order chi connectivity index (χ1) is 8.90. The highest BCUT2D eigenvalue weighted by Crippen LogP contribution is 2.22. The van der Waals surface area contributed by atoms with Crippen LogP contribution in [0.15, 0.2) is 34.8 Å². The van der Waals surface area contributed by atoms with Crippen molar-refractivity contribution in [3.63, 3.8) is 0 Å². The van der Waals surface area contributed by atoms with E-state index in [1.165, 1.54) is 0 Å². The molecule has 0 saturated heterocycles. The van der Waals surface area contributed by atoms with E-state index in [1.54, 1.807) is 0 Å². The molecule has 0 aliphatic rings. The van der Waals surface area contributed by atoms with Gasteiger partial charge in [-0.25, -0.2) is 17.6 Å². The highest BCUT2D eigenvalue weighted by Gasteiger charge is 2.21. The molecule has 0 aliphatic carbocycles. The lowest BCUT2D eigenvalue weighted by Gasteiger charge is -2.05. The molecule has 2 aromatic rings. The Morgan fingerprint density at radius 1 is 0.895 bits per heavy atom. The lowest BCUT2D eigenvalue weighted by molar-refractivity contribution is 0.103. The molecule has 0 spiro atoms. The molecule has 6 heteroatoms. The summed E-state index contributed by atoms with van der Waals surface area (Å²) in [5.41, 5.74) is -0.988. The van der Waals surface area contributed by atoms with Crippen LogP contribution in [0, 0.1) is 23.3 Å². The minimum atomic E-state index is -1.30. The van der Waals surface area contributed by atoms with E-state index in [0.717, 1.165) is 18.2 Å². The molecule has 1 nitrogen and oxygen atoms in total. The zero-order valence-corrected chi connectivity index (χ0v) is 10.8. The first-order valence-corrected chi connectivity index (χ1v) is 5.83. The number of carbonyl (C=O) groups excluding carboxylic acids is 1. The molecule has 0 unspecified atom stereocenters. The molecular weight excluding hydrogens is 328 g/mol. The van der Waals surface area contributed by atoms with Crippen molar-refractivity contribution in [2.24, 2.45) is 0 Å². The first kappa shape index (κ1) is 13.7. The van der Waals surface area contributed by atoms with Gasteiger partial charge in [-0.2, -0.15) is 0 Å². The molecule has 0 bridgehead atoms. The van der Waals surface area contributed by atoms with Crippen molar-refractivity contribution in [2.75, 3.05) is 0 Å². The van der Waals surface area contributed by atoms with Crippen LogP contribution >= 0.6 is 15.9 Å². The highest BCUT2D eigenvalue weighted by molar-refractivity contribution is 9.10. The molecule has 2 rings (SSSR count). The molecule has 98 valence electrons. The van der Waals surface area contributed by atoms with Gasteiger partial charge in [0.05, 0.1) is 10.0 Å². The molecule has 0 saturated carbocycles. The fraction of sp³-hybridized carbons (Fsp3) is 0. The Labute approximate surface area is 114 Å². The van der Waals surface area contributed by atoms with Crippen molar-refractivity contribution in [2.45, 2.75) is 0 Å². The summed E-state index contributed by atoms with van der Waals surface area (Å²) >= 11 is 2.86. The molecule has 0 heterocycles. The van der Waals surface area contributed by atoms with Crippen molar-refractivity contribution in [3.05, 3.63) is 69.2 Å². The second-order valence-corrected chi connectivity index (χ2v) is 4.56. The highest BCUT2D eigenvalue weighted by atomic mass is 79.9. The largest absolute Gasteiger partial charge is 0.288 e. The molecular formula is C13H5BrF4O. The maximum atomic E-state index is 13.4. The van der Waals surface area contributed by atoms with E-state index in [2.05, 4.69) is 15.9 Å². The summed E-state index contributed by atoms with van der Waals surface area (Å²) in [6.07, 6.45) is 0. The van der Waals surface area contributed by atoms with Crippen molar-refractivity contribution >= 4 is 21.7 Å². The van der Waals surface area contributed by atoms with Crippen LogP contribution in [0.4, 0.5) is 17.6 Å². The van der Waals surface area contributed by atoms with E-state index in [9.17, 15) is 22.4 Å². The second kappa shape index (κ2) is 5.13. The quantitative estimate of drug-likeness (QED) is 0.594. The van der Waals surface area contributed by atoms with E-state index >= 15 is 0 Å². The third kappa shape index (κ3) is 2.68. The van der Waals surface area contributed by atoms with Gasteiger partial charge in [-0.1, -0.05) is 0 Å². The van der Waals surface area contributed by atoms with Gasteiger partial charge < -0.3 is 0 Å². The Morgan fingerprint density at radius 2 is 1.47 bits per heavy atom. The monoisotopic (exact) mass is 332 g/mol. The van der Waals surface area contributed by atoms with Crippen LogP contribution in [-0.4, -0.2) is 5.78 Å². The Hall–Kier alpha value is -1.69. The molecule has 0 fully saturated rings. The van der Waals surface area contributed by atoms with E-state index in [1.807, 2.05) is 0 Å². The van der Waals surface area contributed by atoms with Gasteiger partial charge in [-0.15, -0.1) is 0 Å². The Balaban J connectivity index is 2.53. The maximum Gasteiger partial charge on any atom is 0.198 e. The van der Waals surface area contributed by atoms with Gasteiger partial charge in [0.1, 0.15) is 23.3 Å². The van der Waals surface area contributed by atoms with E-state index < -0.39 is 34.6 Å². The fourth-order valence-corrected chi connectivity index (χ4v) is 1.92. The predicted octanol–water partition coefficient (Wildman–Crippen LogP) is 4.24. The van der Waals surface area contributed by atoms with Crippen LogP contribution in [0.2, 0.25) is 0 Å². The topological polar surface area (TPSA) is 17.1 Å². The van der Waals surface area contributed by atoms with Gasteiger partial charge in [-0.05, 0) is 34.1 Å². The lowest BCUT2D eigenvalue weighted by Crippen LogP contribution is -2.08. The van der Waals surface area contributed by atoms with Crippen LogP contribution in [0.3, 0.4) is 0 Å². The van der Waals surface area contributed by atoms with Crippen molar-refractivity contribution in [1.29, 1.82) is 0 Å². The first-order valence-electron chi connectivity index (χ1n) is 5.04. The molecule has 2 aromatic carbocycles. The van der Waals surface area contributed by atoms with Crippen LogP contribution < -0.4 is 0 Å². The average molecular weight is 333 g/mol. The van der Waals surface area contributed by atoms with Gasteiger partial charge >= 0.3 is 0 Å². The number of carbonyl (C=O) groups is 1. The van der Waals surface area contributed by atoms with Crippen LogP contribution in [0.25, 0.3) is 0 Å². The van der Waals surface area contributed by atoms with Gasteiger partial charge in [-0.3, -0.25) is 4.79 Å². The summed E-state index contributed by atoms with van der Waals surface area (Å²) in [5, 5.41) is 0. The summed E-state index contributed by atoms with van der Waals surface area (Å²) in [6.45, 7) is 0. The average Bonchev–Trinajstić information content (AvgIpc) is 2.31. The molecule has 19 heavy (non-hydrogen) atoms. The zero-order chi connectivity index (χ0) is 14.2. The smallest absolute Gasteiger partial charge is 0.198 e. The summed E-state index contributed by atoms with van der Waals surface area (Å²) in [6, 6.07) is 3.99. The lowest BCUT2D eigenvalue weighted by atomic mass is 10.0. The molecule has 0 aromatic heterocycles. The molecule has 0 N–H and O–H groups in total. The Morgan fingerprint density at radius 3 is 2.00 bits per heavy atom. The number of rotatable bonds is 2. The normalized spacial score (nSPS) is 10.6.